The van der Waals surface area contributed by atoms with Gasteiger partial charge < -0.3 is 10.6 Å². The van der Waals surface area contributed by atoms with E-state index in [1.807, 2.05) is 24.3 Å². The van der Waals surface area contributed by atoms with E-state index in [9.17, 15) is 4.79 Å². The van der Waals surface area contributed by atoms with Crippen LogP contribution in [0.3, 0.4) is 0 Å². The van der Waals surface area contributed by atoms with Gasteiger partial charge in [0.05, 0.1) is 0 Å². The molecule has 0 aliphatic carbocycles. The predicted molar refractivity (Wildman–Crippen MR) is 114 cm³/mol. The number of nitrogen functional groups attached to an aromatic ring is 1. The third-order valence-electron chi connectivity index (χ3n) is 5.03. The summed E-state index contributed by atoms with van der Waals surface area (Å²) >= 11 is 1.41. The van der Waals surface area contributed by atoms with Crippen LogP contribution < -0.4 is 16.2 Å². The molecule has 1 saturated heterocycles. The van der Waals surface area contributed by atoms with Crippen LogP contribution >= 0.6 is 11.3 Å². The molecule has 9 heteroatoms. The number of piperidine rings is 1. The number of rotatable bonds is 3. The first-order valence-electron chi connectivity index (χ1n) is 9.51. The molecule has 4 aromatic rings. The molecule has 0 amide bonds. The van der Waals surface area contributed by atoms with Gasteiger partial charge in [0.15, 0.2) is 0 Å². The molecule has 0 unspecified atom stereocenters. The van der Waals surface area contributed by atoms with Gasteiger partial charge in [0.25, 0.3) is 5.56 Å². The molecule has 8 nitrogen and oxygen atoms in total. The molecule has 2 N–H and O–H groups in total. The fraction of sp³-hybridized carbons (Fsp3) is 0.250. The molecule has 29 heavy (non-hydrogen) atoms. The van der Waals surface area contributed by atoms with E-state index in [4.69, 9.17) is 10.7 Å². The Labute approximate surface area is 170 Å². The van der Waals surface area contributed by atoms with Crippen molar-refractivity contribution in [2.45, 2.75) is 19.3 Å². The number of nitrogens with zero attached hydrogens (tertiary/aromatic N) is 6. The fourth-order valence-corrected chi connectivity index (χ4v) is 4.42. The van der Waals surface area contributed by atoms with Gasteiger partial charge in [-0.15, -0.1) is 0 Å². The van der Waals surface area contributed by atoms with Gasteiger partial charge in [-0.05, 0) is 30.9 Å². The highest BCUT2D eigenvalue weighted by Crippen LogP contribution is 2.29. The molecular weight excluding hydrogens is 386 g/mol. The normalized spacial score (nSPS) is 14.4. The number of hydrogen-bond donors (Lipinski definition) is 1. The highest BCUT2D eigenvalue weighted by atomic mass is 32.1. The van der Waals surface area contributed by atoms with Crippen molar-refractivity contribution in [3.63, 3.8) is 0 Å². The summed E-state index contributed by atoms with van der Waals surface area (Å²) in [7, 11) is 0. The van der Waals surface area contributed by atoms with Gasteiger partial charge in [-0.25, -0.2) is 15.0 Å². The zero-order valence-electron chi connectivity index (χ0n) is 15.7. The Bertz CT molecular complexity index is 1230. The van der Waals surface area contributed by atoms with E-state index >= 15 is 0 Å². The Morgan fingerprint density at radius 1 is 0.966 bits per heavy atom. The first-order chi connectivity index (χ1) is 14.2. The summed E-state index contributed by atoms with van der Waals surface area (Å²) in [6.07, 6.45) is 6.89. The minimum atomic E-state index is -0.152. The molecule has 4 heterocycles. The number of hydrogen-bond acceptors (Lipinski definition) is 8. The first-order valence-corrected chi connectivity index (χ1v) is 10.3. The van der Waals surface area contributed by atoms with E-state index < -0.39 is 0 Å². The Balaban J connectivity index is 1.53. The SMILES string of the molecule is Nc1ncc(-c2cccc(-c3nn4c(=O)cc(N5CCCCC5)nc4s3)c2)cn1. The summed E-state index contributed by atoms with van der Waals surface area (Å²) in [5.41, 5.74) is 8.16. The Kier molecular flexibility index (Phi) is 4.44. The molecule has 0 bridgehead atoms. The Morgan fingerprint density at radius 3 is 2.52 bits per heavy atom. The van der Waals surface area contributed by atoms with Crippen LogP contribution in [-0.4, -0.2) is 37.7 Å². The third-order valence-corrected chi connectivity index (χ3v) is 5.98. The number of aromatic nitrogens is 5. The van der Waals surface area contributed by atoms with Crippen LogP contribution in [0.2, 0.25) is 0 Å². The molecule has 1 aromatic carbocycles. The maximum absolute atomic E-state index is 12.6. The summed E-state index contributed by atoms with van der Waals surface area (Å²) in [5.74, 6) is 0.990. The van der Waals surface area contributed by atoms with Crippen LogP contribution in [0.1, 0.15) is 19.3 Å². The van der Waals surface area contributed by atoms with Gasteiger partial charge in [0.1, 0.15) is 10.8 Å². The Hall–Kier alpha value is -3.33. The van der Waals surface area contributed by atoms with E-state index in [1.54, 1.807) is 18.5 Å². The van der Waals surface area contributed by atoms with E-state index in [0.717, 1.165) is 53.4 Å². The highest BCUT2D eigenvalue weighted by molar-refractivity contribution is 7.19. The zero-order chi connectivity index (χ0) is 19.8. The standard InChI is InChI=1S/C20H19N7OS/c21-19-22-11-15(12-23-19)13-5-4-6-14(9-13)18-25-27-17(28)10-16(24-20(27)29-18)26-7-2-1-3-8-26/h4-6,9-12H,1-3,7-8H2,(H2,21,22,23). The lowest BCUT2D eigenvalue weighted by Crippen LogP contribution is -2.31. The molecule has 1 aliphatic heterocycles. The van der Waals surface area contributed by atoms with Crippen molar-refractivity contribution in [3.8, 4) is 21.7 Å². The quantitative estimate of drug-likeness (QED) is 0.559. The molecule has 146 valence electrons. The third kappa shape index (κ3) is 3.44. The smallest absolute Gasteiger partial charge is 0.277 e. The summed E-state index contributed by atoms with van der Waals surface area (Å²) in [6.45, 7) is 1.89. The summed E-state index contributed by atoms with van der Waals surface area (Å²) in [6, 6.07) is 9.48. The van der Waals surface area contributed by atoms with Crippen molar-refractivity contribution < 1.29 is 0 Å². The summed E-state index contributed by atoms with van der Waals surface area (Å²) in [4.78, 5) is 28.2. The van der Waals surface area contributed by atoms with E-state index in [0.29, 0.717) is 4.96 Å². The average molecular weight is 405 g/mol. The highest BCUT2D eigenvalue weighted by Gasteiger charge is 2.16. The van der Waals surface area contributed by atoms with Crippen LogP contribution in [0, 0.1) is 0 Å². The van der Waals surface area contributed by atoms with Gasteiger partial charge in [0.2, 0.25) is 10.9 Å². The number of benzene rings is 1. The van der Waals surface area contributed by atoms with E-state index in [2.05, 4.69) is 20.0 Å². The molecule has 1 fully saturated rings. The molecule has 1 aliphatic rings. The second-order valence-corrected chi connectivity index (χ2v) is 7.97. The average Bonchev–Trinajstić information content (AvgIpc) is 3.20. The van der Waals surface area contributed by atoms with Gasteiger partial charge >= 0.3 is 0 Å². The van der Waals surface area contributed by atoms with Crippen molar-refractivity contribution in [2.75, 3.05) is 23.7 Å². The van der Waals surface area contributed by atoms with Crippen LogP contribution in [0.5, 0.6) is 0 Å². The lowest BCUT2D eigenvalue weighted by Gasteiger charge is -2.27. The second-order valence-electron chi connectivity index (χ2n) is 7.01. The second kappa shape index (κ2) is 7.25. The minimum Gasteiger partial charge on any atom is -0.368 e. The van der Waals surface area contributed by atoms with Gasteiger partial charge in [-0.1, -0.05) is 29.5 Å². The van der Waals surface area contributed by atoms with Gasteiger partial charge in [0, 0.05) is 42.7 Å². The first kappa shape index (κ1) is 17.7. The topological polar surface area (TPSA) is 102 Å². The van der Waals surface area contributed by atoms with Gasteiger partial charge in [-0.3, -0.25) is 4.79 Å². The number of fused-ring (bicyclic) bond motifs is 1. The largest absolute Gasteiger partial charge is 0.368 e. The van der Waals surface area contributed by atoms with E-state index in [1.165, 1.54) is 22.3 Å². The maximum atomic E-state index is 12.6. The molecule has 0 radical (unpaired) electrons. The molecule has 0 atom stereocenters. The van der Waals surface area contributed by atoms with Crippen molar-refractivity contribution in [2.24, 2.45) is 0 Å². The van der Waals surface area contributed by atoms with Crippen LogP contribution in [-0.2, 0) is 0 Å². The fourth-order valence-electron chi connectivity index (χ4n) is 3.52. The molecule has 5 rings (SSSR count). The summed E-state index contributed by atoms with van der Waals surface area (Å²) in [5, 5.41) is 5.25. The molecule has 3 aromatic heterocycles. The van der Waals surface area contributed by atoms with Crippen molar-refractivity contribution in [1.82, 2.24) is 24.6 Å². The number of nitrogens with two attached hydrogens (primary N) is 1. The van der Waals surface area contributed by atoms with Crippen molar-refractivity contribution >= 4 is 28.1 Å². The molecular formula is C20H19N7OS. The molecule has 0 spiro atoms. The van der Waals surface area contributed by atoms with Crippen molar-refractivity contribution in [3.05, 3.63) is 53.1 Å². The minimum absolute atomic E-state index is 0.152. The molecule has 0 saturated carbocycles. The van der Waals surface area contributed by atoms with E-state index in [-0.39, 0.29) is 11.5 Å². The van der Waals surface area contributed by atoms with Crippen LogP contribution in [0.4, 0.5) is 11.8 Å². The van der Waals surface area contributed by atoms with Crippen LogP contribution in [0.15, 0.2) is 47.5 Å². The lowest BCUT2D eigenvalue weighted by atomic mass is 10.1. The van der Waals surface area contributed by atoms with Crippen molar-refractivity contribution in [1.29, 1.82) is 0 Å². The van der Waals surface area contributed by atoms with Crippen LogP contribution in [0.25, 0.3) is 26.7 Å². The lowest BCUT2D eigenvalue weighted by molar-refractivity contribution is 0.573. The zero-order valence-corrected chi connectivity index (χ0v) is 16.5. The monoisotopic (exact) mass is 405 g/mol. The predicted octanol–water partition coefficient (Wildman–Crippen LogP) is 2.85. The maximum Gasteiger partial charge on any atom is 0.277 e. The Morgan fingerprint density at radius 2 is 1.72 bits per heavy atom. The van der Waals surface area contributed by atoms with Gasteiger partial charge in [-0.2, -0.15) is 9.61 Å². The number of anilines is 2. The summed E-state index contributed by atoms with van der Waals surface area (Å²) < 4.78 is 1.38.